The molecule has 1 aromatic rings. The lowest BCUT2D eigenvalue weighted by Gasteiger charge is -2.33. The molecule has 2 fully saturated rings. The minimum atomic E-state index is 0. The van der Waals surface area contributed by atoms with E-state index in [1.807, 2.05) is 23.1 Å². The van der Waals surface area contributed by atoms with E-state index in [-0.39, 0.29) is 36.3 Å². The monoisotopic (exact) mass is 395 g/mol. The van der Waals surface area contributed by atoms with Crippen LogP contribution in [-0.4, -0.2) is 61.6 Å². The van der Waals surface area contributed by atoms with Gasteiger partial charge in [-0.3, -0.25) is 9.59 Å². The molecule has 0 bridgehead atoms. The number of aryl methyl sites for hydroxylation is 1. The number of nitrogens with one attached hydrogen (secondary N) is 2. The largest absolute Gasteiger partial charge is 0.378 e. The molecule has 6 nitrogen and oxygen atoms in total. The second-order valence-corrected chi connectivity index (χ2v) is 7.14. The van der Waals surface area contributed by atoms with Gasteiger partial charge in [0, 0.05) is 44.6 Å². The predicted molar refractivity (Wildman–Crippen MR) is 107 cm³/mol. The summed E-state index contributed by atoms with van der Waals surface area (Å²) in [6, 6.07) is 10.4. The third-order valence-corrected chi connectivity index (χ3v) is 5.11. The van der Waals surface area contributed by atoms with E-state index in [2.05, 4.69) is 22.8 Å². The van der Waals surface area contributed by atoms with E-state index < -0.39 is 0 Å². The number of piperidine rings is 1. The maximum atomic E-state index is 12.4. The molecule has 2 aliphatic heterocycles. The fourth-order valence-corrected chi connectivity index (χ4v) is 3.59. The van der Waals surface area contributed by atoms with Gasteiger partial charge < -0.3 is 20.3 Å². The number of carbonyl (C=O) groups is 2. The molecule has 1 atom stereocenters. The topological polar surface area (TPSA) is 70.7 Å². The summed E-state index contributed by atoms with van der Waals surface area (Å²) in [5, 5.41) is 6.41. The van der Waals surface area contributed by atoms with Crippen LogP contribution in [-0.2, 0) is 20.7 Å². The molecule has 0 spiro atoms. The second kappa shape index (κ2) is 11.3. The summed E-state index contributed by atoms with van der Waals surface area (Å²) in [5.41, 5.74) is 1.20. The van der Waals surface area contributed by atoms with Crippen LogP contribution in [0.25, 0.3) is 0 Å². The van der Waals surface area contributed by atoms with Crippen LogP contribution in [0.3, 0.4) is 0 Å². The van der Waals surface area contributed by atoms with Gasteiger partial charge in [0.25, 0.3) is 0 Å². The molecule has 27 heavy (non-hydrogen) atoms. The fraction of sp³-hybridized carbons (Fsp3) is 0.600. The third-order valence-electron chi connectivity index (χ3n) is 5.11. The molecule has 2 aliphatic rings. The van der Waals surface area contributed by atoms with Crippen molar-refractivity contribution in [1.29, 1.82) is 0 Å². The van der Waals surface area contributed by atoms with E-state index in [9.17, 15) is 9.59 Å². The van der Waals surface area contributed by atoms with Gasteiger partial charge in [-0.25, -0.2) is 0 Å². The SMILES string of the molecule is Cl.O=C(CC1COCCN1)NC1CCN(C(=O)CCc2ccccc2)CC1. The van der Waals surface area contributed by atoms with E-state index in [1.54, 1.807) is 0 Å². The van der Waals surface area contributed by atoms with Crippen LogP contribution < -0.4 is 10.6 Å². The molecule has 0 saturated carbocycles. The fourth-order valence-electron chi connectivity index (χ4n) is 3.59. The summed E-state index contributed by atoms with van der Waals surface area (Å²) in [7, 11) is 0. The van der Waals surface area contributed by atoms with Gasteiger partial charge >= 0.3 is 0 Å². The van der Waals surface area contributed by atoms with Crippen molar-refractivity contribution >= 4 is 24.2 Å². The van der Waals surface area contributed by atoms with Gasteiger partial charge in [0.2, 0.25) is 11.8 Å². The number of nitrogens with zero attached hydrogens (tertiary/aromatic N) is 1. The van der Waals surface area contributed by atoms with E-state index in [0.29, 0.717) is 19.4 Å². The quantitative estimate of drug-likeness (QED) is 0.766. The van der Waals surface area contributed by atoms with Crippen LogP contribution >= 0.6 is 12.4 Å². The molecule has 2 amide bonds. The zero-order valence-corrected chi connectivity index (χ0v) is 16.5. The Morgan fingerprint density at radius 1 is 1.19 bits per heavy atom. The highest BCUT2D eigenvalue weighted by molar-refractivity contribution is 5.85. The van der Waals surface area contributed by atoms with Crippen molar-refractivity contribution in [3.63, 3.8) is 0 Å². The summed E-state index contributed by atoms with van der Waals surface area (Å²) in [6.07, 6.45) is 3.45. The minimum Gasteiger partial charge on any atom is -0.378 e. The predicted octanol–water partition coefficient (Wildman–Crippen LogP) is 1.53. The summed E-state index contributed by atoms with van der Waals surface area (Å²) < 4.78 is 5.38. The maximum Gasteiger partial charge on any atom is 0.222 e. The lowest BCUT2D eigenvalue weighted by Crippen LogP contribution is -2.49. The Balaban J connectivity index is 0.00000261. The number of hydrogen-bond donors (Lipinski definition) is 2. The Morgan fingerprint density at radius 3 is 2.59 bits per heavy atom. The Bertz CT molecular complexity index is 585. The highest BCUT2D eigenvalue weighted by Crippen LogP contribution is 2.13. The number of amides is 2. The van der Waals surface area contributed by atoms with E-state index in [0.717, 1.165) is 45.5 Å². The van der Waals surface area contributed by atoms with Gasteiger partial charge in [-0.1, -0.05) is 30.3 Å². The third kappa shape index (κ3) is 7.13. The van der Waals surface area contributed by atoms with Crippen LogP contribution in [0.2, 0.25) is 0 Å². The Morgan fingerprint density at radius 2 is 1.93 bits per heavy atom. The number of morpholine rings is 1. The molecule has 2 saturated heterocycles. The van der Waals surface area contributed by atoms with Crippen molar-refractivity contribution in [3.05, 3.63) is 35.9 Å². The number of ether oxygens (including phenoxy) is 1. The molecule has 150 valence electrons. The number of carbonyl (C=O) groups excluding carboxylic acids is 2. The highest BCUT2D eigenvalue weighted by Gasteiger charge is 2.25. The van der Waals surface area contributed by atoms with Crippen LogP contribution in [0.15, 0.2) is 30.3 Å². The summed E-state index contributed by atoms with van der Waals surface area (Å²) >= 11 is 0. The van der Waals surface area contributed by atoms with Crippen molar-refractivity contribution in [2.75, 3.05) is 32.8 Å². The molecule has 1 aromatic carbocycles. The van der Waals surface area contributed by atoms with Gasteiger partial charge in [0.05, 0.1) is 13.2 Å². The number of rotatable bonds is 6. The van der Waals surface area contributed by atoms with Gasteiger partial charge in [-0.05, 0) is 24.8 Å². The Hall–Kier alpha value is -1.63. The lowest BCUT2D eigenvalue weighted by atomic mass is 10.0. The van der Waals surface area contributed by atoms with Gasteiger partial charge in [-0.15, -0.1) is 12.4 Å². The standard InChI is InChI=1S/C20H29N3O3.ClH/c24-19(14-18-15-26-13-10-21-18)22-17-8-11-23(12-9-17)20(25)7-6-16-4-2-1-3-5-16;/h1-5,17-18,21H,6-15H2,(H,22,24);1H. The average Bonchev–Trinajstić information content (AvgIpc) is 2.68. The minimum absolute atomic E-state index is 0. The van der Waals surface area contributed by atoms with Crippen molar-refractivity contribution in [2.45, 2.75) is 44.2 Å². The number of likely N-dealkylation sites (tertiary alicyclic amines) is 1. The summed E-state index contributed by atoms with van der Waals surface area (Å²) in [4.78, 5) is 26.5. The molecule has 0 aliphatic carbocycles. The van der Waals surface area contributed by atoms with Crippen molar-refractivity contribution in [1.82, 2.24) is 15.5 Å². The van der Waals surface area contributed by atoms with Crippen LogP contribution in [0.5, 0.6) is 0 Å². The molecular weight excluding hydrogens is 366 g/mol. The first-order valence-corrected chi connectivity index (χ1v) is 9.63. The molecule has 2 N–H and O–H groups in total. The highest BCUT2D eigenvalue weighted by atomic mass is 35.5. The van der Waals surface area contributed by atoms with Gasteiger partial charge in [0.1, 0.15) is 0 Å². The molecule has 3 rings (SSSR count). The lowest BCUT2D eigenvalue weighted by molar-refractivity contribution is -0.132. The van der Waals surface area contributed by atoms with Crippen molar-refractivity contribution in [3.8, 4) is 0 Å². The molecular formula is C20H30ClN3O3. The molecule has 2 heterocycles. The van der Waals surface area contributed by atoms with Gasteiger partial charge in [-0.2, -0.15) is 0 Å². The number of hydrogen-bond acceptors (Lipinski definition) is 4. The van der Waals surface area contributed by atoms with Crippen LogP contribution in [0, 0.1) is 0 Å². The maximum absolute atomic E-state index is 12.4. The van der Waals surface area contributed by atoms with E-state index in [1.165, 1.54) is 5.56 Å². The van der Waals surface area contributed by atoms with Crippen LogP contribution in [0.1, 0.15) is 31.2 Å². The molecule has 7 heteroatoms. The van der Waals surface area contributed by atoms with Crippen molar-refractivity contribution in [2.24, 2.45) is 0 Å². The Kier molecular flexibility index (Phi) is 9.04. The second-order valence-electron chi connectivity index (χ2n) is 7.14. The first kappa shape index (κ1) is 21.7. The molecule has 1 unspecified atom stereocenters. The zero-order valence-electron chi connectivity index (χ0n) is 15.7. The summed E-state index contributed by atoms with van der Waals surface area (Å²) in [6.45, 7) is 3.57. The first-order valence-electron chi connectivity index (χ1n) is 9.63. The van der Waals surface area contributed by atoms with E-state index in [4.69, 9.17) is 4.74 Å². The first-order chi connectivity index (χ1) is 12.7. The van der Waals surface area contributed by atoms with Crippen LogP contribution in [0.4, 0.5) is 0 Å². The normalized spacial score (nSPS) is 20.6. The van der Waals surface area contributed by atoms with Gasteiger partial charge in [0.15, 0.2) is 0 Å². The Labute approximate surface area is 167 Å². The molecule has 0 aromatic heterocycles. The average molecular weight is 396 g/mol. The number of halogens is 1. The molecule has 0 radical (unpaired) electrons. The number of benzene rings is 1. The summed E-state index contributed by atoms with van der Waals surface area (Å²) in [5.74, 6) is 0.282. The van der Waals surface area contributed by atoms with E-state index >= 15 is 0 Å². The van der Waals surface area contributed by atoms with Crippen molar-refractivity contribution < 1.29 is 14.3 Å². The zero-order chi connectivity index (χ0) is 18.2. The smallest absolute Gasteiger partial charge is 0.222 e.